The lowest BCUT2D eigenvalue weighted by molar-refractivity contribution is 0.0657. The van der Waals surface area contributed by atoms with Gasteiger partial charge in [0.15, 0.2) is 11.5 Å². The summed E-state index contributed by atoms with van der Waals surface area (Å²) in [6.45, 7) is 3.21. The Morgan fingerprint density at radius 1 is 1.00 bits per heavy atom. The summed E-state index contributed by atoms with van der Waals surface area (Å²) in [7, 11) is 2.06. The third-order valence-electron chi connectivity index (χ3n) is 4.57. The van der Waals surface area contributed by atoms with Crippen LogP contribution in [0.5, 0.6) is 0 Å². The van der Waals surface area contributed by atoms with E-state index in [1.165, 1.54) is 0 Å². The second-order valence-electron chi connectivity index (χ2n) is 6.40. The lowest BCUT2D eigenvalue weighted by Crippen LogP contribution is -2.47. The first-order valence-corrected chi connectivity index (χ1v) is 8.63. The molecule has 0 radical (unpaired) electrons. The summed E-state index contributed by atoms with van der Waals surface area (Å²) in [6.07, 6.45) is 1.76. The van der Waals surface area contributed by atoms with E-state index in [1.54, 1.807) is 18.3 Å². The number of aromatic nitrogens is 3. The van der Waals surface area contributed by atoms with Gasteiger partial charge < -0.3 is 15.1 Å². The number of hydrogen-bond donors (Lipinski definition) is 1. The Bertz CT molecular complexity index is 913. The highest BCUT2D eigenvalue weighted by Crippen LogP contribution is 2.23. The highest BCUT2D eigenvalue weighted by molar-refractivity contribution is 5.93. The molecule has 26 heavy (non-hydrogen) atoms. The van der Waals surface area contributed by atoms with Gasteiger partial charge in [-0.2, -0.15) is 0 Å². The van der Waals surface area contributed by atoms with Crippen LogP contribution in [0, 0.1) is 0 Å². The molecule has 7 heteroatoms. The number of rotatable bonds is 3. The largest absolute Gasteiger partial charge is 0.337 e. The van der Waals surface area contributed by atoms with E-state index in [1.807, 2.05) is 35.2 Å². The highest BCUT2D eigenvalue weighted by Gasteiger charge is 2.21. The second kappa shape index (κ2) is 7.05. The summed E-state index contributed by atoms with van der Waals surface area (Å²) in [5.74, 6) is 0.516. The zero-order valence-electron chi connectivity index (χ0n) is 14.6. The summed E-state index contributed by atoms with van der Waals surface area (Å²) in [5, 5.41) is 12.6. The number of piperazine rings is 1. The quantitative estimate of drug-likeness (QED) is 0.782. The molecule has 1 saturated heterocycles. The zero-order valence-corrected chi connectivity index (χ0v) is 14.6. The molecule has 0 bridgehead atoms. The van der Waals surface area contributed by atoms with Gasteiger partial charge >= 0.3 is 0 Å². The molecule has 7 nitrogen and oxygen atoms in total. The number of likely N-dealkylation sites (N-methyl/N-ethyl adjacent to an activating group) is 1. The van der Waals surface area contributed by atoms with Crippen molar-refractivity contribution >= 4 is 28.3 Å². The Morgan fingerprint density at radius 3 is 2.58 bits per heavy atom. The molecule has 1 amide bonds. The van der Waals surface area contributed by atoms with Gasteiger partial charge in [-0.3, -0.25) is 9.78 Å². The molecule has 2 aromatic heterocycles. The first-order valence-electron chi connectivity index (χ1n) is 8.63. The van der Waals surface area contributed by atoms with Crippen molar-refractivity contribution in [1.82, 2.24) is 25.0 Å². The maximum Gasteiger partial charge on any atom is 0.274 e. The number of nitrogens with zero attached hydrogens (tertiary/aromatic N) is 5. The zero-order chi connectivity index (χ0) is 17.9. The number of fused-ring (bicyclic) bond motifs is 1. The molecule has 0 unspecified atom stereocenters. The number of benzene rings is 1. The van der Waals surface area contributed by atoms with Crippen LogP contribution in [0.25, 0.3) is 10.9 Å². The van der Waals surface area contributed by atoms with Crippen LogP contribution in [0.3, 0.4) is 0 Å². The Labute approximate surface area is 151 Å². The predicted octanol–water partition coefficient (Wildman–Crippen LogP) is 2.16. The first kappa shape index (κ1) is 16.4. The van der Waals surface area contributed by atoms with Crippen molar-refractivity contribution in [3.05, 3.63) is 54.4 Å². The fourth-order valence-electron chi connectivity index (χ4n) is 3.03. The number of para-hydroxylation sites is 1. The standard InChI is InChI=1S/C19H20N6O/c1-24-10-12-25(13-11-24)19(26)16-7-8-17(23-22-16)21-15-6-2-4-14-5-3-9-20-18(14)15/h2-9H,10-13H2,1H3,(H,21,23). The summed E-state index contributed by atoms with van der Waals surface area (Å²) < 4.78 is 0. The molecule has 3 aromatic rings. The summed E-state index contributed by atoms with van der Waals surface area (Å²) >= 11 is 0. The maximum atomic E-state index is 12.5. The van der Waals surface area contributed by atoms with Crippen LogP contribution in [0.1, 0.15) is 10.5 Å². The Hall–Kier alpha value is -3.06. The SMILES string of the molecule is CN1CCN(C(=O)c2ccc(Nc3cccc4cccnc34)nn2)CC1. The number of hydrogen-bond acceptors (Lipinski definition) is 6. The molecule has 0 atom stereocenters. The van der Waals surface area contributed by atoms with Crippen molar-refractivity contribution < 1.29 is 4.79 Å². The van der Waals surface area contributed by atoms with Crippen LogP contribution in [-0.2, 0) is 0 Å². The predicted molar refractivity (Wildman–Crippen MR) is 100 cm³/mol. The van der Waals surface area contributed by atoms with Gasteiger partial charge in [0.1, 0.15) is 0 Å². The topological polar surface area (TPSA) is 74.2 Å². The third kappa shape index (κ3) is 3.34. The molecule has 0 saturated carbocycles. The molecule has 1 aromatic carbocycles. The fraction of sp³-hybridized carbons (Fsp3) is 0.263. The molecule has 3 heterocycles. The minimum absolute atomic E-state index is 0.0658. The lowest BCUT2D eigenvalue weighted by Gasteiger charge is -2.32. The van der Waals surface area contributed by atoms with Crippen LogP contribution >= 0.6 is 0 Å². The van der Waals surface area contributed by atoms with Gasteiger partial charge in [0, 0.05) is 37.8 Å². The molecule has 4 rings (SSSR count). The Balaban J connectivity index is 1.50. The maximum absolute atomic E-state index is 12.5. The number of pyridine rings is 1. The molecular weight excluding hydrogens is 328 g/mol. The van der Waals surface area contributed by atoms with Crippen LogP contribution < -0.4 is 5.32 Å². The van der Waals surface area contributed by atoms with Gasteiger partial charge in [0.2, 0.25) is 0 Å². The number of carbonyl (C=O) groups is 1. The average Bonchev–Trinajstić information content (AvgIpc) is 2.69. The number of anilines is 2. The van der Waals surface area contributed by atoms with Crippen molar-refractivity contribution in [3.8, 4) is 0 Å². The molecule has 1 aliphatic rings. The van der Waals surface area contributed by atoms with Crippen molar-refractivity contribution in [1.29, 1.82) is 0 Å². The van der Waals surface area contributed by atoms with Crippen LogP contribution in [0.4, 0.5) is 11.5 Å². The first-order chi connectivity index (χ1) is 12.7. The van der Waals surface area contributed by atoms with Crippen LogP contribution in [0.2, 0.25) is 0 Å². The fourth-order valence-corrected chi connectivity index (χ4v) is 3.03. The summed E-state index contributed by atoms with van der Waals surface area (Å²) in [5.41, 5.74) is 2.10. The van der Waals surface area contributed by atoms with E-state index in [0.717, 1.165) is 42.8 Å². The van der Waals surface area contributed by atoms with Gasteiger partial charge in [0.05, 0.1) is 11.2 Å². The number of carbonyl (C=O) groups excluding carboxylic acids is 1. The number of nitrogens with one attached hydrogen (secondary N) is 1. The van der Waals surface area contributed by atoms with Gasteiger partial charge in [-0.15, -0.1) is 10.2 Å². The van der Waals surface area contributed by atoms with Crippen molar-refractivity contribution in [2.45, 2.75) is 0 Å². The summed E-state index contributed by atoms with van der Waals surface area (Å²) in [6, 6.07) is 13.3. The Morgan fingerprint density at radius 2 is 1.81 bits per heavy atom. The lowest BCUT2D eigenvalue weighted by atomic mass is 10.2. The van der Waals surface area contributed by atoms with Gasteiger partial charge in [-0.25, -0.2) is 0 Å². The molecule has 0 spiro atoms. The van der Waals surface area contributed by atoms with Gasteiger partial charge in [-0.1, -0.05) is 18.2 Å². The van der Waals surface area contributed by atoms with Crippen molar-refractivity contribution in [2.24, 2.45) is 0 Å². The van der Waals surface area contributed by atoms with E-state index in [9.17, 15) is 4.79 Å². The molecule has 0 aliphatic carbocycles. The van der Waals surface area contributed by atoms with Crippen molar-refractivity contribution in [3.63, 3.8) is 0 Å². The molecule has 132 valence electrons. The van der Waals surface area contributed by atoms with Gasteiger partial charge in [0.25, 0.3) is 5.91 Å². The number of amides is 1. The minimum atomic E-state index is -0.0658. The van der Waals surface area contributed by atoms with Crippen LogP contribution in [0.15, 0.2) is 48.7 Å². The van der Waals surface area contributed by atoms with E-state index in [-0.39, 0.29) is 5.91 Å². The molecule has 1 aliphatic heterocycles. The molecule has 1 N–H and O–H groups in total. The van der Waals surface area contributed by atoms with E-state index < -0.39 is 0 Å². The minimum Gasteiger partial charge on any atom is -0.337 e. The molecule has 1 fully saturated rings. The smallest absolute Gasteiger partial charge is 0.274 e. The van der Waals surface area contributed by atoms with Crippen molar-refractivity contribution in [2.75, 3.05) is 38.5 Å². The van der Waals surface area contributed by atoms with Crippen LogP contribution in [-0.4, -0.2) is 64.1 Å². The van der Waals surface area contributed by atoms with E-state index >= 15 is 0 Å². The van der Waals surface area contributed by atoms with E-state index in [0.29, 0.717) is 11.5 Å². The summed E-state index contributed by atoms with van der Waals surface area (Å²) in [4.78, 5) is 21.0. The third-order valence-corrected chi connectivity index (χ3v) is 4.57. The normalized spacial score (nSPS) is 15.2. The molecular formula is C19H20N6O. The average molecular weight is 348 g/mol. The monoisotopic (exact) mass is 348 g/mol. The van der Waals surface area contributed by atoms with E-state index in [2.05, 4.69) is 32.4 Å². The van der Waals surface area contributed by atoms with E-state index in [4.69, 9.17) is 0 Å². The second-order valence-corrected chi connectivity index (χ2v) is 6.40. The highest BCUT2D eigenvalue weighted by atomic mass is 16.2. The van der Waals surface area contributed by atoms with Gasteiger partial charge in [-0.05, 0) is 31.3 Å². The Kier molecular flexibility index (Phi) is 4.45.